The lowest BCUT2D eigenvalue weighted by Gasteiger charge is -2.18. The normalized spacial score (nSPS) is 16.7. The van der Waals surface area contributed by atoms with E-state index in [9.17, 15) is 4.79 Å². The maximum atomic E-state index is 12.1. The van der Waals surface area contributed by atoms with Gasteiger partial charge in [-0.25, -0.2) is 0 Å². The van der Waals surface area contributed by atoms with Gasteiger partial charge in [0.05, 0.1) is 6.61 Å². The highest BCUT2D eigenvalue weighted by Crippen LogP contribution is 2.16. The number of amides is 1. The van der Waals surface area contributed by atoms with Crippen molar-refractivity contribution in [2.24, 2.45) is 5.92 Å². The lowest BCUT2D eigenvalue weighted by molar-refractivity contribution is -0.130. The molecule has 130 valence electrons. The minimum Gasteiger partial charge on any atom is -0.494 e. The first-order valence-corrected chi connectivity index (χ1v) is 8.36. The van der Waals surface area contributed by atoms with Gasteiger partial charge in [0.25, 0.3) is 0 Å². The van der Waals surface area contributed by atoms with E-state index in [1.165, 1.54) is 6.42 Å². The smallest absolute Gasteiger partial charge is 0.222 e. The highest BCUT2D eigenvalue weighted by Gasteiger charge is 2.17. The molecule has 1 aromatic rings. The number of hydrogen-bond donors (Lipinski definition) is 1. The van der Waals surface area contributed by atoms with Crippen LogP contribution in [-0.2, 0) is 4.79 Å². The predicted octanol–water partition coefficient (Wildman–Crippen LogP) is 3.38. The Bertz CT molecular complexity index is 462. The Morgan fingerprint density at radius 1 is 1.39 bits per heavy atom. The van der Waals surface area contributed by atoms with Gasteiger partial charge in [0.15, 0.2) is 0 Å². The highest BCUT2D eigenvalue weighted by molar-refractivity contribution is 6.30. The molecule has 1 unspecified atom stereocenters. The van der Waals surface area contributed by atoms with Gasteiger partial charge in [-0.1, -0.05) is 11.6 Å². The summed E-state index contributed by atoms with van der Waals surface area (Å²) in [4.78, 5) is 13.9. The van der Waals surface area contributed by atoms with Crippen molar-refractivity contribution in [1.29, 1.82) is 0 Å². The zero-order valence-electron chi connectivity index (χ0n) is 13.6. The Balaban J connectivity index is 0.00000264. The number of carbonyl (C=O) groups is 1. The molecule has 2 rings (SSSR count). The predicted molar refractivity (Wildman–Crippen MR) is 96.7 cm³/mol. The average Bonchev–Trinajstić information content (AvgIpc) is 3.04. The van der Waals surface area contributed by atoms with Crippen LogP contribution in [0.3, 0.4) is 0 Å². The molecule has 1 aromatic carbocycles. The van der Waals surface area contributed by atoms with Gasteiger partial charge >= 0.3 is 0 Å². The minimum absolute atomic E-state index is 0. The second kappa shape index (κ2) is 10.7. The molecule has 6 heteroatoms. The number of hydrogen-bond acceptors (Lipinski definition) is 3. The van der Waals surface area contributed by atoms with E-state index in [4.69, 9.17) is 16.3 Å². The fourth-order valence-corrected chi connectivity index (χ4v) is 2.75. The van der Waals surface area contributed by atoms with E-state index in [1.807, 2.05) is 36.2 Å². The fourth-order valence-electron chi connectivity index (χ4n) is 2.63. The topological polar surface area (TPSA) is 41.6 Å². The molecule has 1 aliphatic rings. The molecule has 0 saturated carbocycles. The first-order valence-electron chi connectivity index (χ1n) is 7.98. The van der Waals surface area contributed by atoms with Gasteiger partial charge in [0, 0.05) is 25.0 Å². The SMILES string of the molecule is CN(CCCOc1ccc(Cl)cc1)C(=O)CCC1CCNC1.Cl. The Labute approximate surface area is 149 Å². The van der Waals surface area contributed by atoms with Crippen LogP contribution in [0.15, 0.2) is 24.3 Å². The van der Waals surface area contributed by atoms with Crippen LogP contribution in [0, 0.1) is 5.92 Å². The molecular weight excluding hydrogens is 335 g/mol. The van der Waals surface area contributed by atoms with Gasteiger partial charge < -0.3 is 15.0 Å². The molecule has 0 spiro atoms. The lowest BCUT2D eigenvalue weighted by Crippen LogP contribution is -2.29. The van der Waals surface area contributed by atoms with Crippen LogP contribution in [0.25, 0.3) is 0 Å². The number of ether oxygens (including phenoxy) is 1. The van der Waals surface area contributed by atoms with Gasteiger partial charge in [-0.3, -0.25) is 4.79 Å². The third-order valence-corrected chi connectivity index (χ3v) is 4.33. The lowest BCUT2D eigenvalue weighted by atomic mass is 10.0. The summed E-state index contributed by atoms with van der Waals surface area (Å²) in [5.41, 5.74) is 0. The highest BCUT2D eigenvalue weighted by atomic mass is 35.5. The molecule has 1 atom stereocenters. The molecule has 0 radical (unpaired) electrons. The van der Waals surface area contributed by atoms with Crippen molar-refractivity contribution in [3.05, 3.63) is 29.3 Å². The Hall–Kier alpha value is -0.970. The fraction of sp³-hybridized carbons (Fsp3) is 0.588. The number of rotatable bonds is 8. The second-order valence-corrected chi connectivity index (χ2v) is 6.31. The third kappa shape index (κ3) is 7.42. The monoisotopic (exact) mass is 360 g/mol. The second-order valence-electron chi connectivity index (χ2n) is 5.87. The van der Waals surface area contributed by atoms with Gasteiger partial charge in [0.1, 0.15) is 5.75 Å². The molecule has 1 aliphatic heterocycles. The van der Waals surface area contributed by atoms with E-state index in [-0.39, 0.29) is 18.3 Å². The van der Waals surface area contributed by atoms with Gasteiger partial charge in [-0.2, -0.15) is 0 Å². The van der Waals surface area contributed by atoms with E-state index in [0.29, 0.717) is 24.0 Å². The Morgan fingerprint density at radius 3 is 2.78 bits per heavy atom. The van der Waals surface area contributed by atoms with E-state index < -0.39 is 0 Å². The molecule has 4 nitrogen and oxygen atoms in total. The molecule has 0 aromatic heterocycles. The van der Waals surface area contributed by atoms with Crippen LogP contribution in [0.5, 0.6) is 5.75 Å². The Morgan fingerprint density at radius 2 is 2.13 bits per heavy atom. The van der Waals surface area contributed by atoms with Crippen LogP contribution < -0.4 is 10.1 Å². The zero-order chi connectivity index (χ0) is 15.8. The van der Waals surface area contributed by atoms with Crippen LogP contribution in [0.4, 0.5) is 0 Å². The van der Waals surface area contributed by atoms with E-state index in [2.05, 4.69) is 5.32 Å². The summed E-state index contributed by atoms with van der Waals surface area (Å²) in [6, 6.07) is 7.33. The molecule has 1 saturated heterocycles. The van der Waals surface area contributed by atoms with Crippen molar-refractivity contribution in [2.75, 3.05) is 33.3 Å². The summed E-state index contributed by atoms with van der Waals surface area (Å²) >= 11 is 5.82. The first kappa shape index (κ1) is 20.1. The number of benzene rings is 1. The molecule has 23 heavy (non-hydrogen) atoms. The van der Waals surface area contributed by atoms with E-state index in [0.717, 1.165) is 38.2 Å². The number of nitrogens with one attached hydrogen (secondary N) is 1. The summed E-state index contributed by atoms with van der Waals surface area (Å²) in [5.74, 6) is 1.72. The Kier molecular flexibility index (Phi) is 9.37. The van der Waals surface area contributed by atoms with E-state index >= 15 is 0 Å². The average molecular weight is 361 g/mol. The minimum atomic E-state index is 0. The van der Waals surface area contributed by atoms with Crippen LogP contribution >= 0.6 is 24.0 Å². The molecule has 1 amide bonds. The third-order valence-electron chi connectivity index (χ3n) is 4.07. The standard InChI is InChI=1S/C17H25ClN2O2.ClH/c1-20(17(21)8-3-14-9-10-19-13-14)11-2-12-22-16-6-4-15(18)5-7-16;/h4-7,14,19H,2-3,8-13H2,1H3;1H. The summed E-state index contributed by atoms with van der Waals surface area (Å²) in [5, 5.41) is 4.04. The van der Waals surface area contributed by atoms with Crippen molar-refractivity contribution in [3.8, 4) is 5.75 Å². The number of nitrogens with zero attached hydrogens (tertiary/aromatic N) is 1. The van der Waals surface area contributed by atoms with E-state index in [1.54, 1.807) is 0 Å². The van der Waals surface area contributed by atoms with Crippen molar-refractivity contribution in [3.63, 3.8) is 0 Å². The summed E-state index contributed by atoms with van der Waals surface area (Å²) in [6.45, 7) is 3.49. The van der Waals surface area contributed by atoms with Gasteiger partial charge in [0.2, 0.25) is 5.91 Å². The molecular formula is C17H26Cl2N2O2. The maximum Gasteiger partial charge on any atom is 0.222 e. The van der Waals surface area contributed by atoms with Crippen molar-refractivity contribution >= 4 is 29.9 Å². The van der Waals surface area contributed by atoms with Crippen molar-refractivity contribution in [2.45, 2.75) is 25.7 Å². The molecule has 1 heterocycles. The maximum absolute atomic E-state index is 12.1. The van der Waals surface area contributed by atoms with Crippen molar-refractivity contribution < 1.29 is 9.53 Å². The van der Waals surface area contributed by atoms with Crippen LogP contribution in [0.1, 0.15) is 25.7 Å². The summed E-state index contributed by atoms with van der Waals surface area (Å²) in [7, 11) is 1.87. The van der Waals surface area contributed by atoms with Crippen LogP contribution in [0.2, 0.25) is 5.02 Å². The number of carbonyl (C=O) groups excluding carboxylic acids is 1. The molecule has 0 aliphatic carbocycles. The van der Waals surface area contributed by atoms with Gasteiger partial charge in [-0.15, -0.1) is 12.4 Å². The molecule has 1 fully saturated rings. The first-order chi connectivity index (χ1) is 10.6. The summed E-state index contributed by atoms with van der Waals surface area (Å²) < 4.78 is 5.63. The zero-order valence-corrected chi connectivity index (χ0v) is 15.2. The van der Waals surface area contributed by atoms with Gasteiger partial charge in [-0.05, 0) is 62.5 Å². The largest absolute Gasteiger partial charge is 0.494 e. The molecule has 0 bridgehead atoms. The quantitative estimate of drug-likeness (QED) is 0.722. The summed E-state index contributed by atoms with van der Waals surface area (Å²) in [6.07, 6.45) is 3.68. The number of halogens is 2. The van der Waals surface area contributed by atoms with Crippen molar-refractivity contribution in [1.82, 2.24) is 10.2 Å². The molecule has 1 N–H and O–H groups in total. The van der Waals surface area contributed by atoms with Crippen LogP contribution in [-0.4, -0.2) is 44.1 Å².